The molecule has 0 N–H and O–H groups in total. The summed E-state index contributed by atoms with van der Waals surface area (Å²) >= 11 is 0. The van der Waals surface area contributed by atoms with Gasteiger partial charge in [0.2, 0.25) is 0 Å². The smallest absolute Gasteiger partial charge is 0.282 e. The summed E-state index contributed by atoms with van der Waals surface area (Å²) in [5.74, 6) is -0.317. The quantitative estimate of drug-likeness (QED) is 0.479. The summed E-state index contributed by atoms with van der Waals surface area (Å²) in [6, 6.07) is 8.40. The van der Waals surface area contributed by atoms with Gasteiger partial charge in [-0.1, -0.05) is 6.07 Å². The first kappa shape index (κ1) is 14.6. The first-order valence-electron chi connectivity index (χ1n) is 6.38. The van der Waals surface area contributed by atoms with Crippen LogP contribution in [0.15, 0.2) is 42.7 Å². The SMILES string of the molecule is CC(=O)c1ccc(N(C)Cc2cccnc2)cc1[N+](=O)[O-]. The second-order valence-electron chi connectivity index (χ2n) is 4.73. The van der Waals surface area contributed by atoms with E-state index < -0.39 is 4.92 Å². The van der Waals surface area contributed by atoms with Crippen LogP contribution in [0.25, 0.3) is 0 Å². The second kappa shape index (κ2) is 6.13. The van der Waals surface area contributed by atoms with Gasteiger partial charge in [0, 0.05) is 37.7 Å². The number of carbonyl (C=O) groups is 1. The fourth-order valence-electron chi connectivity index (χ4n) is 2.06. The van der Waals surface area contributed by atoms with E-state index in [0.717, 1.165) is 5.56 Å². The van der Waals surface area contributed by atoms with Gasteiger partial charge in [-0.2, -0.15) is 0 Å². The molecule has 0 radical (unpaired) electrons. The van der Waals surface area contributed by atoms with Crippen molar-refractivity contribution < 1.29 is 9.72 Å². The Morgan fingerprint density at radius 2 is 2.14 bits per heavy atom. The summed E-state index contributed by atoms with van der Waals surface area (Å²) in [6.07, 6.45) is 3.44. The van der Waals surface area contributed by atoms with Gasteiger partial charge in [0.1, 0.15) is 0 Å². The maximum atomic E-state index is 11.4. The number of nitro benzene ring substituents is 1. The number of nitro groups is 1. The molecule has 0 atom stereocenters. The number of rotatable bonds is 5. The molecule has 108 valence electrons. The zero-order valence-electron chi connectivity index (χ0n) is 11.8. The van der Waals surface area contributed by atoms with Crippen LogP contribution < -0.4 is 4.90 Å². The number of hydrogen-bond acceptors (Lipinski definition) is 5. The molecule has 0 saturated carbocycles. The third-order valence-electron chi connectivity index (χ3n) is 3.14. The topological polar surface area (TPSA) is 76.3 Å². The number of carbonyl (C=O) groups excluding carboxylic acids is 1. The lowest BCUT2D eigenvalue weighted by molar-refractivity contribution is -0.385. The molecular formula is C15H15N3O3. The lowest BCUT2D eigenvalue weighted by Crippen LogP contribution is -2.17. The molecular weight excluding hydrogens is 270 g/mol. The molecule has 21 heavy (non-hydrogen) atoms. The van der Waals surface area contributed by atoms with Crippen molar-refractivity contribution in [3.8, 4) is 0 Å². The largest absolute Gasteiger partial charge is 0.370 e. The van der Waals surface area contributed by atoms with Gasteiger partial charge < -0.3 is 4.90 Å². The molecule has 6 nitrogen and oxygen atoms in total. The molecule has 0 unspecified atom stereocenters. The number of aromatic nitrogens is 1. The molecule has 2 rings (SSSR count). The van der Waals surface area contributed by atoms with Crippen LogP contribution in [0.1, 0.15) is 22.8 Å². The van der Waals surface area contributed by atoms with E-state index in [1.165, 1.54) is 19.1 Å². The van der Waals surface area contributed by atoms with Crippen LogP contribution in [-0.4, -0.2) is 22.7 Å². The summed E-state index contributed by atoms with van der Waals surface area (Å²) in [5.41, 5.74) is 1.63. The monoisotopic (exact) mass is 285 g/mol. The highest BCUT2D eigenvalue weighted by atomic mass is 16.6. The number of benzene rings is 1. The number of nitrogens with zero attached hydrogens (tertiary/aromatic N) is 3. The third kappa shape index (κ3) is 3.42. The molecule has 6 heteroatoms. The predicted molar refractivity (Wildman–Crippen MR) is 79.4 cm³/mol. The normalized spacial score (nSPS) is 10.2. The van der Waals surface area contributed by atoms with Crippen LogP contribution in [0.3, 0.4) is 0 Å². The van der Waals surface area contributed by atoms with Crippen LogP contribution in [0.4, 0.5) is 11.4 Å². The second-order valence-corrected chi connectivity index (χ2v) is 4.73. The zero-order chi connectivity index (χ0) is 15.4. The molecule has 1 heterocycles. The van der Waals surface area contributed by atoms with Crippen molar-refractivity contribution in [2.75, 3.05) is 11.9 Å². The van der Waals surface area contributed by atoms with E-state index in [-0.39, 0.29) is 17.0 Å². The fourth-order valence-corrected chi connectivity index (χ4v) is 2.06. The highest BCUT2D eigenvalue weighted by Crippen LogP contribution is 2.26. The Morgan fingerprint density at radius 1 is 1.38 bits per heavy atom. The average molecular weight is 285 g/mol. The van der Waals surface area contributed by atoms with E-state index in [0.29, 0.717) is 12.2 Å². The average Bonchev–Trinajstić information content (AvgIpc) is 2.47. The van der Waals surface area contributed by atoms with Gasteiger partial charge in [0.05, 0.1) is 10.5 Å². The number of Topliss-reactive ketones (excluding diaryl/α,β-unsaturated/α-hetero) is 1. The van der Waals surface area contributed by atoms with Crippen molar-refractivity contribution in [3.63, 3.8) is 0 Å². The molecule has 0 bridgehead atoms. The van der Waals surface area contributed by atoms with Crippen molar-refractivity contribution in [3.05, 3.63) is 64.0 Å². The molecule has 0 aliphatic carbocycles. The molecule has 1 aromatic carbocycles. The van der Waals surface area contributed by atoms with Gasteiger partial charge in [-0.3, -0.25) is 19.9 Å². The maximum Gasteiger partial charge on any atom is 0.282 e. The Kier molecular flexibility index (Phi) is 4.27. The Hall–Kier alpha value is -2.76. The molecule has 0 saturated heterocycles. The molecule has 1 aromatic heterocycles. The highest BCUT2D eigenvalue weighted by molar-refractivity contribution is 5.98. The van der Waals surface area contributed by atoms with Crippen molar-refractivity contribution in [2.24, 2.45) is 0 Å². The van der Waals surface area contributed by atoms with Gasteiger partial charge >= 0.3 is 0 Å². The summed E-state index contributed by atoms with van der Waals surface area (Å²) in [5, 5.41) is 11.1. The van der Waals surface area contributed by atoms with E-state index in [1.54, 1.807) is 18.5 Å². The summed E-state index contributed by atoms with van der Waals surface area (Å²) in [4.78, 5) is 27.9. The first-order chi connectivity index (χ1) is 9.99. The minimum Gasteiger partial charge on any atom is -0.370 e. The number of pyridine rings is 1. The number of anilines is 1. The first-order valence-corrected chi connectivity index (χ1v) is 6.38. The van der Waals surface area contributed by atoms with E-state index in [1.807, 2.05) is 24.1 Å². The van der Waals surface area contributed by atoms with Crippen molar-refractivity contribution in [1.29, 1.82) is 0 Å². The maximum absolute atomic E-state index is 11.4. The summed E-state index contributed by atoms with van der Waals surface area (Å²) in [6.45, 7) is 1.89. The van der Waals surface area contributed by atoms with Crippen molar-refractivity contribution in [2.45, 2.75) is 13.5 Å². The van der Waals surface area contributed by atoms with Crippen LogP contribution in [0.5, 0.6) is 0 Å². The standard InChI is InChI=1S/C15H15N3O3/c1-11(19)14-6-5-13(8-15(14)18(20)21)17(2)10-12-4-3-7-16-9-12/h3-9H,10H2,1-2H3. The van der Waals surface area contributed by atoms with Gasteiger partial charge in [0.15, 0.2) is 5.78 Å². The van der Waals surface area contributed by atoms with E-state index in [9.17, 15) is 14.9 Å². The fraction of sp³-hybridized carbons (Fsp3) is 0.200. The molecule has 0 amide bonds. The zero-order valence-corrected chi connectivity index (χ0v) is 11.8. The predicted octanol–water partition coefficient (Wildman–Crippen LogP) is 2.83. The van der Waals surface area contributed by atoms with Crippen LogP contribution >= 0.6 is 0 Å². The molecule has 0 aliphatic heterocycles. The molecule has 0 fully saturated rings. The van der Waals surface area contributed by atoms with Crippen LogP contribution in [0.2, 0.25) is 0 Å². The van der Waals surface area contributed by atoms with Crippen LogP contribution in [-0.2, 0) is 6.54 Å². The van der Waals surface area contributed by atoms with E-state index in [2.05, 4.69) is 4.98 Å². The minimum atomic E-state index is -0.530. The van der Waals surface area contributed by atoms with Gasteiger partial charge in [0.25, 0.3) is 5.69 Å². The Bertz CT molecular complexity index is 671. The Labute approximate surface area is 122 Å². The van der Waals surface area contributed by atoms with Gasteiger partial charge in [-0.05, 0) is 30.7 Å². The lowest BCUT2D eigenvalue weighted by atomic mass is 10.1. The third-order valence-corrected chi connectivity index (χ3v) is 3.14. The van der Waals surface area contributed by atoms with Crippen LogP contribution in [0, 0.1) is 10.1 Å². The van der Waals surface area contributed by atoms with Crippen molar-refractivity contribution >= 4 is 17.2 Å². The summed E-state index contributed by atoms with van der Waals surface area (Å²) in [7, 11) is 1.83. The molecule has 0 aliphatic rings. The van der Waals surface area contributed by atoms with E-state index >= 15 is 0 Å². The van der Waals surface area contributed by atoms with Gasteiger partial charge in [-0.15, -0.1) is 0 Å². The minimum absolute atomic E-state index is 0.124. The Balaban J connectivity index is 2.30. The Morgan fingerprint density at radius 3 is 2.71 bits per heavy atom. The number of hydrogen-bond donors (Lipinski definition) is 0. The van der Waals surface area contributed by atoms with E-state index in [4.69, 9.17) is 0 Å². The molecule has 2 aromatic rings. The molecule has 0 spiro atoms. The highest BCUT2D eigenvalue weighted by Gasteiger charge is 2.19. The van der Waals surface area contributed by atoms with Gasteiger partial charge in [-0.25, -0.2) is 0 Å². The summed E-state index contributed by atoms with van der Waals surface area (Å²) < 4.78 is 0. The van der Waals surface area contributed by atoms with Crippen molar-refractivity contribution in [1.82, 2.24) is 4.98 Å². The number of ketones is 1. The lowest BCUT2D eigenvalue weighted by Gasteiger charge is -2.19.